The number of nitrogens with zero attached hydrogens (tertiary/aromatic N) is 2. The van der Waals surface area contributed by atoms with Crippen LogP contribution in [0.5, 0.6) is 0 Å². The number of nitrogens with one attached hydrogen (secondary N) is 3. The Balaban J connectivity index is 1.57. The van der Waals surface area contributed by atoms with Crippen molar-refractivity contribution in [3.63, 3.8) is 0 Å². The molecule has 19 heavy (non-hydrogen) atoms. The molecule has 0 bridgehead atoms. The summed E-state index contributed by atoms with van der Waals surface area (Å²) in [6.45, 7) is 3.32. The summed E-state index contributed by atoms with van der Waals surface area (Å²) >= 11 is 0. The average Bonchev–Trinajstić information content (AvgIpc) is 3.01. The van der Waals surface area contributed by atoms with Crippen LogP contribution >= 0.6 is 0 Å². The second-order valence-corrected chi connectivity index (χ2v) is 4.48. The Labute approximate surface area is 111 Å². The third-order valence-electron chi connectivity index (χ3n) is 3.07. The van der Waals surface area contributed by atoms with Crippen molar-refractivity contribution in [3.05, 3.63) is 30.6 Å². The van der Waals surface area contributed by atoms with Gasteiger partial charge in [0.05, 0.1) is 18.4 Å². The number of ether oxygens (including phenoxy) is 1. The molecule has 6 heteroatoms. The summed E-state index contributed by atoms with van der Waals surface area (Å²) in [5.74, 6) is 0.772. The van der Waals surface area contributed by atoms with Gasteiger partial charge in [-0.3, -0.25) is 0 Å². The first-order valence-corrected chi connectivity index (χ1v) is 6.45. The number of morpholine rings is 1. The summed E-state index contributed by atoms with van der Waals surface area (Å²) in [4.78, 5) is 3.00. The molecule has 0 aromatic carbocycles. The normalized spacial score (nSPS) is 19.3. The molecule has 3 rings (SSSR count). The molecule has 100 valence electrons. The van der Waals surface area contributed by atoms with Gasteiger partial charge in [0.15, 0.2) is 0 Å². The van der Waals surface area contributed by atoms with Gasteiger partial charge in [-0.15, -0.1) is 10.2 Å². The molecule has 2 aromatic heterocycles. The molecule has 6 nitrogen and oxygen atoms in total. The fraction of sp³-hybridized carbons (Fsp3) is 0.385. The number of aromatic amines is 1. The predicted molar refractivity (Wildman–Crippen MR) is 72.9 cm³/mol. The molecule has 0 saturated carbocycles. The summed E-state index contributed by atoms with van der Waals surface area (Å²) < 4.78 is 5.60. The van der Waals surface area contributed by atoms with Gasteiger partial charge in [-0.25, -0.2) is 0 Å². The number of H-pyrrole nitrogens is 1. The van der Waals surface area contributed by atoms with Crippen molar-refractivity contribution in [2.45, 2.75) is 6.10 Å². The van der Waals surface area contributed by atoms with Crippen molar-refractivity contribution in [1.82, 2.24) is 20.5 Å². The monoisotopic (exact) mass is 259 g/mol. The Morgan fingerprint density at radius 3 is 3.00 bits per heavy atom. The lowest BCUT2D eigenvalue weighted by Gasteiger charge is -2.23. The van der Waals surface area contributed by atoms with Crippen molar-refractivity contribution in [1.29, 1.82) is 0 Å². The highest BCUT2D eigenvalue weighted by molar-refractivity contribution is 5.58. The lowest BCUT2D eigenvalue weighted by atomic mass is 10.2. The molecule has 1 saturated heterocycles. The molecule has 0 amide bonds. The van der Waals surface area contributed by atoms with Crippen LogP contribution in [0, 0.1) is 0 Å². The van der Waals surface area contributed by atoms with Crippen molar-refractivity contribution in [3.8, 4) is 11.3 Å². The Hall–Kier alpha value is -1.92. The zero-order valence-corrected chi connectivity index (χ0v) is 10.6. The molecule has 1 unspecified atom stereocenters. The summed E-state index contributed by atoms with van der Waals surface area (Å²) in [5.41, 5.74) is 1.90. The van der Waals surface area contributed by atoms with E-state index in [1.54, 1.807) is 0 Å². The molecule has 1 aliphatic heterocycles. The summed E-state index contributed by atoms with van der Waals surface area (Å²) in [6.07, 6.45) is 3.97. The van der Waals surface area contributed by atoms with Crippen molar-refractivity contribution in [2.75, 3.05) is 31.6 Å². The van der Waals surface area contributed by atoms with Crippen LogP contribution < -0.4 is 10.6 Å². The van der Waals surface area contributed by atoms with Crippen LogP contribution in [0.4, 0.5) is 5.82 Å². The van der Waals surface area contributed by atoms with E-state index >= 15 is 0 Å². The quantitative estimate of drug-likeness (QED) is 0.759. The molecule has 1 atom stereocenters. The van der Waals surface area contributed by atoms with E-state index in [1.807, 2.05) is 30.6 Å². The number of hydrogen-bond acceptors (Lipinski definition) is 5. The van der Waals surface area contributed by atoms with Gasteiger partial charge >= 0.3 is 0 Å². The maximum Gasteiger partial charge on any atom is 0.148 e. The fourth-order valence-electron chi connectivity index (χ4n) is 2.03. The number of aromatic nitrogens is 3. The first-order chi connectivity index (χ1) is 9.42. The Morgan fingerprint density at radius 2 is 2.32 bits per heavy atom. The van der Waals surface area contributed by atoms with E-state index in [4.69, 9.17) is 4.74 Å². The van der Waals surface area contributed by atoms with Crippen LogP contribution in [0.3, 0.4) is 0 Å². The molecule has 0 spiro atoms. The van der Waals surface area contributed by atoms with Gasteiger partial charge in [-0.05, 0) is 18.2 Å². The predicted octanol–water partition coefficient (Wildman–Crippen LogP) is 0.872. The topological polar surface area (TPSA) is 74.9 Å². The average molecular weight is 259 g/mol. The van der Waals surface area contributed by atoms with Gasteiger partial charge in [0.25, 0.3) is 0 Å². The fourth-order valence-corrected chi connectivity index (χ4v) is 2.03. The smallest absolute Gasteiger partial charge is 0.148 e. The van der Waals surface area contributed by atoms with E-state index in [-0.39, 0.29) is 6.10 Å². The van der Waals surface area contributed by atoms with E-state index in [1.165, 1.54) is 0 Å². The molecule has 1 fully saturated rings. The van der Waals surface area contributed by atoms with Crippen LogP contribution in [0.2, 0.25) is 0 Å². The zero-order valence-electron chi connectivity index (χ0n) is 10.6. The van der Waals surface area contributed by atoms with Gasteiger partial charge in [-0.1, -0.05) is 0 Å². The second-order valence-electron chi connectivity index (χ2n) is 4.48. The van der Waals surface area contributed by atoms with Gasteiger partial charge < -0.3 is 20.4 Å². The molecule has 2 aromatic rings. The Bertz CT molecular complexity index is 490. The summed E-state index contributed by atoms with van der Waals surface area (Å²) in [5, 5.41) is 14.9. The van der Waals surface area contributed by atoms with Crippen LogP contribution in [0.1, 0.15) is 0 Å². The van der Waals surface area contributed by atoms with Gasteiger partial charge in [0, 0.05) is 37.6 Å². The molecule has 1 aliphatic rings. The van der Waals surface area contributed by atoms with Crippen LogP contribution in [0.25, 0.3) is 11.3 Å². The van der Waals surface area contributed by atoms with Crippen LogP contribution in [0.15, 0.2) is 30.6 Å². The minimum absolute atomic E-state index is 0.194. The van der Waals surface area contributed by atoms with E-state index in [0.29, 0.717) is 0 Å². The highest BCUT2D eigenvalue weighted by atomic mass is 16.5. The maximum absolute atomic E-state index is 5.60. The minimum atomic E-state index is 0.194. The largest absolute Gasteiger partial charge is 0.374 e. The zero-order chi connectivity index (χ0) is 12.9. The lowest BCUT2D eigenvalue weighted by molar-refractivity contribution is 0.0372. The van der Waals surface area contributed by atoms with Gasteiger partial charge in [-0.2, -0.15) is 0 Å². The SMILES string of the molecule is c1cc(-c2ccc(NCC3CNCCO3)nn2)c[nH]1. The first kappa shape index (κ1) is 12.1. The molecular formula is C13H17N5O. The highest BCUT2D eigenvalue weighted by Gasteiger charge is 2.12. The van der Waals surface area contributed by atoms with E-state index in [0.717, 1.165) is 43.3 Å². The second kappa shape index (κ2) is 5.81. The minimum Gasteiger partial charge on any atom is -0.374 e. The lowest BCUT2D eigenvalue weighted by Crippen LogP contribution is -2.42. The summed E-state index contributed by atoms with van der Waals surface area (Å²) in [7, 11) is 0. The van der Waals surface area contributed by atoms with Crippen molar-refractivity contribution < 1.29 is 4.74 Å². The van der Waals surface area contributed by atoms with Crippen molar-refractivity contribution >= 4 is 5.82 Å². The molecule has 3 heterocycles. The molecule has 3 N–H and O–H groups in total. The number of hydrogen-bond donors (Lipinski definition) is 3. The first-order valence-electron chi connectivity index (χ1n) is 6.45. The molecule has 0 radical (unpaired) electrons. The van der Waals surface area contributed by atoms with Crippen molar-refractivity contribution in [2.24, 2.45) is 0 Å². The van der Waals surface area contributed by atoms with E-state index < -0.39 is 0 Å². The van der Waals surface area contributed by atoms with Gasteiger partial charge in [0.2, 0.25) is 0 Å². The van der Waals surface area contributed by atoms with Gasteiger partial charge in [0.1, 0.15) is 5.82 Å². The third kappa shape index (κ3) is 3.10. The third-order valence-corrected chi connectivity index (χ3v) is 3.07. The van der Waals surface area contributed by atoms with E-state index in [9.17, 15) is 0 Å². The summed E-state index contributed by atoms with van der Waals surface area (Å²) in [6, 6.07) is 5.86. The molecule has 0 aliphatic carbocycles. The number of anilines is 1. The Morgan fingerprint density at radius 1 is 1.32 bits per heavy atom. The molecular weight excluding hydrogens is 242 g/mol. The van der Waals surface area contributed by atoms with Crippen LogP contribution in [-0.2, 0) is 4.74 Å². The standard InChI is InChI=1S/C13H17N5O/c1-2-13(16-9-11-8-15-5-6-19-11)18-17-12(1)10-3-4-14-7-10/h1-4,7,11,14-15H,5-6,8-9H2,(H,16,18). The maximum atomic E-state index is 5.60. The number of rotatable bonds is 4. The highest BCUT2D eigenvalue weighted by Crippen LogP contribution is 2.15. The Kier molecular flexibility index (Phi) is 3.71. The van der Waals surface area contributed by atoms with E-state index in [2.05, 4.69) is 25.8 Å². The van der Waals surface area contributed by atoms with Crippen LogP contribution in [-0.4, -0.2) is 47.5 Å².